The number of aromatic nitrogens is 1. The summed E-state index contributed by atoms with van der Waals surface area (Å²) in [6, 6.07) is 6.39. The van der Waals surface area contributed by atoms with E-state index in [1.54, 1.807) is 24.5 Å². The number of quaternary nitrogens is 1. The molecule has 1 fully saturated rings. The van der Waals surface area contributed by atoms with Gasteiger partial charge in [0.05, 0.1) is 33.4 Å². The number of amides is 1. The zero-order chi connectivity index (χ0) is 19.9. The van der Waals surface area contributed by atoms with Crippen molar-refractivity contribution < 1.29 is 19.2 Å². The largest absolute Gasteiger partial charge is 0.493 e. The van der Waals surface area contributed by atoms with Crippen molar-refractivity contribution in [2.24, 2.45) is 0 Å². The fraction of sp³-hybridized carbons (Fsp3) is 0.524. The Morgan fingerprint density at radius 1 is 1.29 bits per heavy atom. The highest BCUT2D eigenvalue weighted by Gasteiger charge is 2.21. The quantitative estimate of drug-likeness (QED) is 0.663. The van der Waals surface area contributed by atoms with E-state index in [0.29, 0.717) is 23.7 Å². The Morgan fingerprint density at radius 2 is 2.11 bits per heavy atom. The molecule has 1 saturated heterocycles. The van der Waals surface area contributed by atoms with Gasteiger partial charge in [-0.2, -0.15) is 0 Å². The van der Waals surface area contributed by atoms with Gasteiger partial charge in [0.15, 0.2) is 11.5 Å². The average molecular weight is 405 g/mol. The van der Waals surface area contributed by atoms with Crippen LogP contribution in [0.25, 0.3) is 10.6 Å². The molecule has 2 aromatic rings. The van der Waals surface area contributed by atoms with Gasteiger partial charge in [-0.1, -0.05) is 0 Å². The molecule has 2 atom stereocenters. The van der Waals surface area contributed by atoms with E-state index in [-0.39, 0.29) is 5.91 Å². The molecular formula is C21H30N3O3S+. The van der Waals surface area contributed by atoms with Gasteiger partial charge >= 0.3 is 0 Å². The van der Waals surface area contributed by atoms with Gasteiger partial charge in [0.1, 0.15) is 10.7 Å². The first-order chi connectivity index (χ1) is 13.6. The predicted molar refractivity (Wildman–Crippen MR) is 112 cm³/mol. The second-order valence-electron chi connectivity index (χ2n) is 7.27. The lowest BCUT2D eigenvalue weighted by atomic mass is 10.0. The maximum absolute atomic E-state index is 12.4. The Labute approximate surface area is 170 Å². The Hall–Kier alpha value is -2.12. The highest BCUT2D eigenvalue weighted by Crippen LogP contribution is 2.33. The molecule has 0 spiro atoms. The minimum Gasteiger partial charge on any atom is -0.493 e. The zero-order valence-corrected chi connectivity index (χ0v) is 17.7. The van der Waals surface area contributed by atoms with Crippen molar-refractivity contribution >= 4 is 17.2 Å². The van der Waals surface area contributed by atoms with E-state index in [1.165, 1.54) is 37.1 Å². The van der Waals surface area contributed by atoms with E-state index in [4.69, 9.17) is 9.47 Å². The van der Waals surface area contributed by atoms with Crippen LogP contribution in [-0.4, -0.2) is 50.8 Å². The number of nitrogens with zero attached hydrogens (tertiary/aromatic N) is 1. The number of piperidine rings is 1. The van der Waals surface area contributed by atoms with Crippen LogP contribution in [0.1, 0.15) is 43.1 Å². The SMILES string of the molecule is COc1ccc(-c2nc(C(=O)NCCC[NH+]3CCCC[C@@H]3C)cs2)cc1OC. The van der Waals surface area contributed by atoms with Crippen molar-refractivity contribution in [3.05, 3.63) is 29.3 Å². The first-order valence-electron chi connectivity index (χ1n) is 9.93. The van der Waals surface area contributed by atoms with Crippen LogP contribution in [-0.2, 0) is 0 Å². The molecule has 0 saturated carbocycles. The second kappa shape index (κ2) is 9.89. The predicted octanol–water partition coefficient (Wildman–Crippen LogP) is 2.40. The van der Waals surface area contributed by atoms with Crippen LogP contribution in [0.2, 0.25) is 0 Å². The van der Waals surface area contributed by atoms with Crippen molar-refractivity contribution in [3.63, 3.8) is 0 Å². The van der Waals surface area contributed by atoms with Crippen LogP contribution in [0.15, 0.2) is 23.6 Å². The molecule has 28 heavy (non-hydrogen) atoms. The van der Waals surface area contributed by atoms with Gasteiger partial charge in [-0.15, -0.1) is 11.3 Å². The third-order valence-electron chi connectivity index (χ3n) is 5.41. The Balaban J connectivity index is 1.52. The number of hydrogen-bond donors (Lipinski definition) is 2. The summed E-state index contributed by atoms with van der Waals surface area (Å²) in [4.78, 5) is 18.6. The van der Waals surface area contributed by atoms with Gasteiger partial charge in [0.25, 0.3) is 5.91 Å². The number of rotatable bonds is 8. The molecule has 0 bridgehead atoms. The molecule has 2 N–H and O–H groups in total. The monoisotopic (exact) mass is 404 g/mol. The maximum Gasteiger partial charge on any atom is 0.270 e. The number of hydrogen-bond acceptors (Lipinski definition) is 5. The molecule has 1 aromatic carbocycles. The highest BCUT2D eigenvalue weighted by atomic mass is 32.1. The van der Waals surface area contributed by atoms with Gasteiger partial charge in [-0.3, -0.25) is 4.79 Å². The summed E-state index contributed by atoms with van der Waals surface area (Å²) in [5, 5.41) is 5.60. The number of carbonyl (C=O) groups is 1. The third-order valence-corrected chi connectivity index (χ3v) is 6.30. The molecular weight excluding hydrogens is 374 g/mol. The van der Waals surface area contributed by atoms with Gasteiger partial charge in [-0.05, 0) is 44.4 Å². The molecule has 2 heterocycles. The Kier molecular flexibility index (Phi) is 7.28. The fourth-order valence-electron chi connectivity index (χ4n) is 3.71. The number of thiazole rings is 1. The summed E-state index contributed by atoms with van der Waals surface area (Å²) in [5.41, 5.74) is 1.37. The van der Waals surface area contributed by atoms with E-state index >= 15 is 0 Å². The zero-order valence-electron chi connectivity index (χ0n) is 16.9. The topological polar surface area (TPSA) is 64.9 Å². The molecule has 0 aliphatic carbocycles. The highest BCUT2D eigenvalue weighted by molar-refractivity contribution is 7.13. The minimum absolute atomic E-state index is 0.107. The molecule has 1 aliphatic rings. The van der Waals surface area contributed by atoms with E-state index in [9.17, 15) is 4.79 Å². The molecule has 3 rings (SSSR count). The lowest BCUT2D eigenvalue weighted by molar-refractivity contribution is -0.928. The first-order valence-corrected chi connectivity index (χ1v) is 10.8. The van der Waals surface area contributed by atoms with E-state index < -0.39 is 0 Å². The normalized spacial score (nSPS) is 19.2. The molecule has 1 aromatic heterocycles. The summed E-state index contributed by atoms with van der Waals surface area (Å²) >= 11 is 1.45. The summed E-state index contributed by atoms with van der Waals surface area (Å²) in [6.45, 7) is 5.40. The van der Waals surface area contributed by atoms with E-state index in [0.717, 1.165) is 29.6 Å². The van der Waals surface area contributed by atoms with Crippen LogP contribution in [0.4, 0.5) is 0 Å². The second-order valence-corrected chi connectivity index (χ2v) is 8.13. The smallest absolute Gasteiger partial charge is 0.270 e. The third kappa shape index (κ3) is 5.02. The summed E-state index contributed by atoms with van der Waals surface area (Å²) in [6.07, 6.45) is 4.99. The van der Waals surface area contributed by atoms with Crippen LogP contribution in [0, 0.1) is 0 Å². The summed E-state index contributed by atoms with van der Waals surface area (Å²) < 4.78 is 10.6. The fourth-order valence-corrected chi connectivity index (χ4v) is 4.51. The Bertz CT molecular complexity index is 793. The summed E-state index contributed by atoms with van der Waals surface area (Å²) in [7, 11) is 3.21. The van der Waals surface area contributed by atoms with Crippen LogP contribution >= 0.6 is 11.3 Å². The number of nitrogens with one attached hydrogen (secondary N) is 2. The maximum atomic E-state index is 12.4. The molecule has 6 nitrogen and oxygen atoms in total. The standard InChI is InChI=1S/C21H29N3O3S/c1-15-7-4-5-11-24(15)12-6-10-22-20(25)17-14-28-21(23-17)16-8-9-18(26-2)19(13-16)27-3/h8-9,13-15H,4-7,10-12H2,1-3H3,(H,22,25)/p+1/t15-/m0/s1. The Morgan fingerprint density at radius 3 is 2.86 bits per heavy atom. The van der Waals surface area contributed by atoms with Crippen molar-refractivity contribution in [3.8, 4) is 22.1 Å². The average Bonchev–Trinajstić information content (AvgIpc) is 3.22. The lowest BCUT2D eigenvalue weighted by Gasteiger charge is -2.30. The van der Waals surface area contributed by atoms with E-state index in [1.807, 2.05) is 18.2 Å². The van der Waals surface area contributed by atoms with Gasteiger partial charge in [0, 0.05) is 23.9 Å². The van der Waals surface area contributed by atoms with Gasteiger partial charge in [-0.25, -0.2) is 4.98 Å². The van der Waals surface area contributed by atoms with Crippen molar-refractivity contribution in [2.75, 3.05) is 33.9 Å². The van der Waals surface area contributed by atoms with Crippen LogP contribution in [0.3, 0.4) is 0 Å². The van der Waals surface area contributed by atoms with Gasteiger partial charge < -0.3 is 19.7 Å². The number of carbonyl (C=O) groups excluding carboxylic acids is 1. The van der Waals surface area contributed by atoms with Gasteiger partial charge in [0.2, 0.25) is 0 Å². The molecule has 152 valence electrons. The van der Waals surface area contributed by atoms with Crippen LogP contribution < -0.4 is 19.7 Å². The molecule has 0 radical (unpaired) electrons. The van der Waals surface area contributed by atoms with E-state index in [2.05, 4.69) is 17.2 Å². The lowest BCUT2D eigenvalue weighted by Crippen LogP contribution is -3.16. The number of methoxy groups -OCH3 is 2. The number of benzene rings is 1. The van der Waals surface area contributed by atoms with Crippen molar-refractivity contribution in [2.45, 2.75) is 38.6 Å². The first kappa shape index (κ1) is 20.6. The van der Waals surface area contributed by atoms with Crippen molar-refractivity contribution in [1.82, 2.24) is 10.3 Å². The summed E-state index contributed by atoms with van der Waals surface area (Å²) in [5.74, 6) is 1.21. The molecule has 1 amide bonds. The minimum atomic E-state index is -0.107. The number of likely N-dealkylation sites (tertiary alicyclic amines) is 1. The molecule has 1 aliphatic heterocycles. The molecule has 7 heteroatoms. The number of ether oxygens (including phenoxy) is 2. The van der Waals surface area contributed by atoms with Crippen LogP contribution in [0.5, 0.6) is 11.5 Å². The molecule has 1 unspecified atom stereocenters. The van der Waals surface area contributed by atoms with Crippen molar-refractivity contribution in [1.29, 1.82) is 0 Å².